The van der Waals surface area contributed by atoms with Gasteiger partial charge < -0.3 is 14.2 Å². The summed E-state index contributed by atoms with van der Waals surface area (Å²) >= 11 is 0. The van der Waals surface area contributed by atoms with Crippen molar-refractivity contribution in [3.05, 3.63) is 88.3 Å². The van der Waals surface area contributed by atoms with Gasteiger partial charge in [-0.15, -0.1) is 6.58 Å². The van der Waals surface area contributed by atoms with Gasteiger partial charge in [-0.05, 0) is 18.2 Å². The van der Waals surface area contributed by atoms with Crippen molar-refractivity contribution in [2.24, 2.45) is 0 Å². The SMILES string of the molecule is C=CCN1C(=O)[C@@]2(c3ccccc31)c1c(oc3ccccc3c1=O)C(=O)N2C. The molecule has 0 radical (unpaired) electrons. The number of hydrogen-bond acceptors (Lipinski definition) is 4. The highest BCUT2D eigenvalue weighted by atomic mass is 16.3. The standard InChI is InChI=1S/C22H16N2O4/c1-3-12-24-15-10-6-5-9-14(15)22(21(24)27)17-18(25)13-8-4-7-11-16(13)28-19(17)20(26)23(22)2/h3-11H,1,12H2,2H3/t22-/m1/s1. The molecule has 1 spiro atoms. The van der Waals surface area contributed by atoms with Gasteiger partial charge in [0.15, 0.2) is 11.0 Å². The maximum atomic E-state index is 13.7. The Hall–Kier alpha value is -3.67. The first-order valence-corrected chi connectivity index (χ1v) is 8.90. The molecule has 2 aromatic carbocycles. The molecule has 138 valence electrons. The van der Waals surface area contributed by atoms with E-state index in [-0.39, 0.29) is 29.2 Å². The molecular formula is C22H16N2O4. The van der Waals surface area contributed by atoms with Crippen LogP contribution < -0.4 is 10.3 Å². The summed E-state index contributed by atoms with van der Waals surface area (Å²) in [4.78, 5) is 43.1. The maximum Gasteiger partial charge on any atom is 0.291 e. The molecule has 2 amide bonds. The molecule has 0 fully saturated rings. The minimum atomic E-state index is -1.53. The van der Waals surface area contributed by atoms with Crippen molar-refractivity contribution in [2.45, 2.75) is 5.54 Å². The van der Waals surface area contributed by atoms with Crippen LogP contribution in [-0.4, -0.2) is 30.3 Å². The van der Waals surface area contributed by atoms with Crippen molar-refractivity contribution >= 4 is 28.5 Å². The molecule has 0 aliphatic carbocycles. The Morgan fingerprint density at radius 1 is 1.07 bits per heavy atom. The Kier molecular flexibility index (Phi) is 3.19. The zero-order valence-corrected chi connectivity index (χ0v) is 15.1. The lowest BCUT2D eigenvalue weighted by molar-refractivity contribution is -0.125. The number of anilines is 1. The van der Waals surface area contributed by atoms with Crippen LogP contribution in [0.5, 0.6) is 0 Å². The number of likely N-dealkylation sites (N-methyl/N-ethyl adjacent to an activating group) is 1. The normalized spacial score (nSPS) is 20.2. The smallest absolute Gasteiger partial charge is 0.291 e. The average Bonchev–Trinajstić information content (AvgIpc) is 3.09. The summed E-state index contributed by atoms with van der Waals surface area (Å²) in [7, 11) is 1.54. The van der Waals surface area contributed by atoms with Crippen LogP contribution in [0, 0.1) is 0 Å². The molecule has 2 aliphatic heterocycles. The minimum absolute atomic E-state index is 0.0743. The van der Waals surface area contributed by atoms with Crippen LogP contribution in [0.1, 0.15) is 21.7 Å². The van der Waals surface area contributed by atoms with Crippen LogP contribution >= 0.6 is 0 Å². The fraction of sp³-hybridized carbons (Fsp3) is 0.136. The predicted molar refractivity (Wildman–Crippen MR) is 104 cm³/mol. The lowest BCUT2D eigenvalue weighted by Crippen LogP contribution is -2.51. The van der Waals surface area contributed by atoms with E-state index >= 15 is 0 Å². The number of carbonyl (C=O) groups is 2. The molecule has 6 heteroatoms. The number of carbonyl (C=O) groups excluding carboxylic acids is 2. The van der Waals surface area contributed by atoms with E-state index in [2.05, 4.69) is 6.58 Å². The highest BCUT2D eigenvalue weighted by molar-refractivity contribution is 6.17. The third-order valence-corrected chi connectivity index (χ3v) is 5.61. The van der Waals surface area contributed by atoms with Crippen LogP contribution in [0.4, 0.5) is 5.69 Å². The second-order valence-electron chi connectivity index (χ2n) is 6.93. The van der Waals surface area contributed by atoms with Gasteiger partial charge in [-0.2, -0.15) is 0 Å². The second-order valence-corrected chi connectivity index (χ2v) is 6.93. The fourth-order valence-electron chi connectivity index (χ4n) is 4.40. The number of para-hydroxylation sites is 2. The van der Waals surface area contributed by atoms with E-state index in [1.165, 1.54) is 11.9 Å². The van der Waals surface area contributed by atoms with Gasteiger partial charge >= 0.3 is 0 Å². The Morgan fingerprint density at radius 3 is 2.57 bits per heavy atom. The zero-order valence-electron chi connectivity index (χ0n) is 15.1. The molecule has 2 aliphatic rings. The molecule has 0 saturated carbocycles. The van der Waals surface area contributed by atoms with E-state index in [4.69, 9.17) is 4.42 Å². The number of hydrogen-bond donors (Lipinski definition) is 0. The average molecular weight is 372 g/mol. The molecule has 6 nitrogen and oxygen atoms in total. The van der Waals surface area contributed by atoms with E-state index in [1.54, 1.807) is 47.4 Å². The molecule has 0 N–H and O–H groups in total. The van der Waals surface area contributed by atoms with E-state index in [0.717, 1.165) is 0 Å². The Balaban J connectivity index is 1.94. The number of fused-ring (bicyclic) bond motifs is 5. The predicted octanol–water partition coefficient (Wildman–Crippen LogP) is 2.65. The Labute approximate surface area is 160 Å². The highest BCUT2D eigenvalue weighted by Crippen LogP contribution is 2.51. The van der Waals surface area contributed by atoms with Gasteiger partial charge in [0.2, 0.25) is 5.76 Å². The number of amides is 2. The Morgan fingerprint density at radius 2 is 1.79 bits per heavy atom. The summed E-state index contributed by atoms with van der Waals surface area (Å²) in [5.74, 6) is -0.915. The van der Waals surface area contributed by atoms with Gasteiger partial charge in [0.05, 0.1) is 16.6 Å². The minimum Gasteiger partial charge on any atom is -0.450 e. The first kappa shape index (κ1) is 16.5. The summed E-state index contributed by atoms with van der Waals surface area (Å²) in [6.45, 7) is 4.00. The first-order valence-electron chi connectivity index (χ1n) is 8.90. The number of benzene rings is 2. The van der Waals surface area contributed by atoms with Crippen molar-refractivity contribution in [2.75, 3.05) is 18.5 Å². The fourth-order valence-corrected chi connectivity index (χ4v) is 4.40. The Bertz CT molecular complexity index is 1260. The molecule has 5 rings (SSSR count). The third-order valence-electron chi connectivity index (χ3n) is 5.61. The molecule has 28 heavy (non-hydrogen) atoms. The first-order chi connectivity index (χ1) is 13.5. The van der Waals surface area contributed by atoms with Crippen molar-refractivity contribution in [1.82, 2.24) is 4.90 Å². The van der Waals surface area contributed by atoms with Crippen LogP contribution in [0.15, 0.2) is 70.4 Å². The van der Waals surface area contributed by atoms with Gasteiger partial charge in [-0.1, -0.05) is 36.4 Å². The molecule has 3 heterocycles. The monoisotopic (exact) mass is 372 g/mol. The number of nitrogens with zero attached hydrogens (tertiary/aromatic N) is 2. The molecule has 3 aromatic rings. The summed E-state index contributed by atoms with van der Waals surface area (Å²) in [6.07, 6.45) is 1.62. The van der Waals surface area contributed by atoms with Crippen molar-refractivity contribution in [3.8, 4) is 0 Å². The maximum absolute atomic E-state index is 13.7. The van der Waals surface area contributed by atoms with Crippen molar-refractivity contribution in [3.63, 3.8) is 0 Å². The van der Waals surface area contributed by atoms with Crippen LogP contribution in [0.25, 0.3) is 11.0 Å². The van der Waals surface area contributed by atoms with Gasteiger partial charge in [-0.25, -0.2) is 0 Å². The quantitative estimate of drug-likeness (QED) is 0.649. The summed E-state index contributed by atoms with van der Waals surface area (Å²) in [6, 6.07) is 14.0. The van der Waals surface area contributed by atoms with Crippen molar-refractivity contribution < 1.29 is 14.0 Å². The summed E-state index contributed by atoms with van der Waals surface area (Å²) < 4.78 is 5.83. The lowest BCUT2D eigenvalue weighted by Gasteiger charge is -2.31. The molecule has 1 atom stereocenters. The zero-order chi connectivity index (χ0) is 19.6. The molecule has 1 aromatic heterocycles. The van der Waals surface area contributed by atoms with Gasteiger partial charge in [0, 0.05) is 19.2 Å². The number of rotatable bonds is 2. The van der Waals surface area contributed by atoms with Gasteiger partial charge in [0.1, 0.15) is 5.58 Å². The molecule has 0 bridgehead atoms. The van der Waals surface area contributed by atoms with Crippen LogP contribution in [0.2, 0.25) is 0 Å². The topological polar surface area (TPSA) is 70.8 Å². The van der Waals surface area contributed by atoms with E-state index in [0.29, 0.717) is 22.2 Å². The largest absolute Gasteiger partial charge is 0.450 e. The highest BCUT2D eigenvalue weighted by Gasteiger charge is 2.63. The lowest BCUT2D eigenvalue weighted by atomic mass is 9.84. The molecular weight excluding hydrogens is 356 g/mol. The molecule has 0 unspecified atom stereocenters. The third kappa shape index (κ3) is 1.70. The summed E-state index contributed by atoms with van der Waals surface area (Å²) in [5, 5.41) is 0.344. The molecule has 0 saturated heterocycles. The van der Waals surface area contributed by atoms with Gasteiger partial charge in [0.25, 0.3) is 11.8 Å². The van der Waals surface area contributed by atoms with E-state index in [1.807, 2.05) is 12.1 Å². The van der Waals surface area contributed by atoms with E-state index < -0.39 is 11.4 Å². The van der Waals surface area contributed by atoms with Crippen molar-refractivity contribution in [1.29, 1.82) is 0 Å². The summed E-state index contributed by atoms with van der Waals surface area (Å²) in [5.41, 5.74) is -0.226. The van der Waals surface area contributed by atoms with E-state index in [9.17, 15) is 14.4 Å². The van der Waals surface area contributed by atoms with Gasteiger partial charge in [-0.3, -0.25) is 14.4 Å². The second kappa shape index (κ2) is 5.42. The van der Waals surface area contributed by atoms with Crippen LogP contribution in [0.3, 0.4) is 0 Å². The van der Waals surface area contributed by atoms with Crippen LogP contribution in [-0.2, 0) is 10.3 Å².